The Morgan fingerprint density at radius 2 is 2.42 bits per heavy atom. The highest BCUT2D eigenvalue weighted by molar-refractivity contribution is 5.74. The first-order valence-electron chi connectivity index (χ1n) is 7.93. The Labute approximate surface area is 139 Å². The van der Waals surface area contributed by atoms with Gasteiger partial charge in [0.05, 0.1) is 19.2 Å². The molecule has 0 spiro atoms. The van der Waals surface area contributed by atoms with Crippen LogP contribution in [0.4, 0.5) is 9.18 Å². The summed E-state index contributed by atoms with van der Waals surface area (Å²) in [7, 11) is 0. The van der Waals surface area contributed by atoms with Gasteiger partial charge >= 0.3 is 6.03 Å². The average molecular weight is 333 g/mol. The van der Waals surface area contributed by atoms with Crippen LogP contribution in [0.3, 0.4) is 0 Å². The number of ether oxygens (including phenoxy) is 1. The lowest BCUT2D eigenvalue weighted by molar-refractivity contribution is 0.231. The van der Waals surface area contributed by atoms with Gasteiger partial charge in [0, 0.05) is 17.7 Å². The van der Waals surface area contributed by atoms with Gasteiger partial charge in [-0.1, -0.05) is 6.07 Å². The zero-order valence-corrected chi connectivity index (χ0v) is 13.4. The van der Waals surface area contributed by atoms with Crippen LogP contribution in [0.2, 0.25) is 0 Å². The highest BCUT2D eigenvalue weighted by atomic mass is 19.1. The predicted molar refractivity (Wildman–Crippen MR) is 85.0 cm³/mol. The van der Waals surface area contributed by atoms with E-state index in [1.54, 1.807) is 17.1 Å². The lowest BCUT2D eigenvalue weighted by Crippen LogP contribution is -2.43. The van der Waals surface area contributed by atoms with Crippen molar-refractivity contribution in [2.45, 2.75) is 38.4 Å². The van der Waals surface area contributed by atoms with E-state index in [0.29, 0.717) is 18.9 Å². The van der Waals surface area contributed by atoms with Crippen molar-refractivity contribution in [3.05, 3.63) is 42.2 Å². The van der Waals surface area contributed by atoms with E-state index in [1.807, 2.05) is 6.92 Å². The van der Waals surface area contributed by atoms with Crippen molar-refractivity contribution in [3.63, 3.8) is 0 Å². The van der Waals surface area contributed by atoms with Gasteiger partial charge in [0.2, 0.25) is 0 Å². The first-order valence-corrected chi connectivity index (χ1v) is 7.93. The van der Waals surface area contributed by atoms with Gasteiger partial charge in [0.1, 0.15) is 24.2 Å². The van der Waals surface area contributed by atoms with Crippen LogP contribution in [0.1, 0.15) is 31.4 Å². The van der Waals surface area contributed by atoms with E-state index in [-0.39, 0.29) is 23.9 Å². The van der Waals surface area contributed by atoms with Gasteiger partial charge in [-0.25, -0.2) is 14.2 Å². The van der Waals surface area contributed by atoms with Crippen LogP contribution < -0.4 is 15.4 Å². The van der Waals surface area contributed by atoms with Gasteiger partial charge < -0.3 is 15.4 Å². The third-order valence-electron chi connectivity index (χ3n) is 3.86. The van der Waals surface area contributed by atoms with Crippen LogP contribution in [0.25, 0.3) is 0 Å². The fraction of sp³-hybridized carbons (Fsp3) is 0.438. The summed E-state index contributed by atoms with van der Waals surface area (Å²) >= 11 is 0. The van der Waals surface area contributed by atoms with Crippen molar-refractivity contribution >= 4 is 6.03 Å². The summed E-state index contributed by atoms with van der Waals surface area (Å²) < 4.78 is 20.6. The molecule has 1 aromatic carbocycles. The summed E-state index contributed by atoms with van der Waals surface area (Å²) in [6.45, 7) is 2.93. The van der Waals surface area contributed by atoms with Crippen LogP contribution in [0.5, 0.6) is 5.75 Å². The molecule has 7 nitrogen and oxygen atoms in total. The third kappa shape index (κ3) is 4.01. The number of aromatic nitrogens is 3. The second-order valence-electron chi connectivity index (χ2n) is 5.86. The first-order chi connectivity index (χ1) is 11.6. The zero-order chi connectivity index (χ0) is 16.9. The monoisotopic (exact) mass is 333 g/mol. The van der Waals surface area contributed by atoms with Crippen LogP contribution in [-0.2, 0) is 6.54 Å². The van der Waals surface area contributed by atoms with Gasteiger partial charge in [-0.05, 0) is 25.8 Å². The Hall–Kier alpha value is -2.64. The van der Waals surface area contributed by atoms with Crippen LogP contribution in [0, 0.1) is 5.82 Å². The number of hydrogen-bond acceptors (Lipinski definition) is 4. The van der Waals surface area contributed by atoms with Crippen molar-refractivity contribution in [2.75, 3.05) is 6.61 Å². The number of hydrogen-bond donors (Lipinski definition) is 2. The maximum atomic E-state index is 13.4. The minimum atomic E-state index is -0.347. The number of carbonyl (C=O) groups is 1. The van der Waals surface area contributed by atoms with E-state index in [4.69, 9.17) is 4.74 Å². The largest absolute Gasteiger partial charge is 0.493 e. The lowest BCUT2D eigenvalue weighted by Gasteiger charge is -2.21. The molecule has 1 aliphatic rings. The second kappa shape index (κ2) is 7.29. The van der Waals surface area contributed by atoms with Crippen LogP contribution in [-0.4, -0.2) is 33.4 Å². The molecule has 0 aliphatic carbocycles. The summed E-state index contributed by atoms with van der Waals surface area (Å²) in [6, 6.07) is 3.82. The van der Waals surface area contributed by atoms with Gasteiger partial charge in [0.25, 0.3) is 0 Å². The van der Waals surface area contributed by atoms with Gasteiger partial charge in [-0.3, -0.25) is 4.68 Å². The molecule has 0 fully saturated rings. The Bertz CT molecular complexity index is 692. The van der Waals surface area contributed by atoms with Crippen molar-refractivity contribution < 1.29 is 13.9 Å². The number of nitrogens with zero attached hydrogens (tertiary/aromatic N) is 3. The fourth-order valence-corrected chi connectivity index (χ4v) is 2.77. The summed E-state index contributed by atoms with van der Waals surface area (Å²) in [5, 5.41) is 9.83. The molecule has 0 unspecified atom stereocenters. The molecule has 3 rings (SSSR count). The summed E-state index contributed by atoms with van der Waals surface area (Å²) in [4.78, 5) is 16.1. The number of fused-ring (bicyclic) bond motifs is 1. The molecular weight excluding hydrogens is 313 g/mol. The Morgan fingerprint density at radius 3 is 3.21 bits per heavy atom. The van der Waals surface area contributed by atoms with E-state index >= 15 is 0 Å². The van der Waals surface area contributed by atoms with E-state index in [9.17, 15) is 9.18 Å². The topological polar surface area (TPSA) is 81.1 Å². The summed E-state index contributed by atoms with van der Waals surface area (Å²) in [5.41, 5.74) is 0.799. The fourth-order valence-electron chi connectivity index (χ4n) is 2.77. The van der Waals surface area contributed by atoms with E-state index in [0.717, 1.165) is 18.4 Å². The SMILES string of the molecule is C[C@@H](Cn1cncn1)NC(=O)N[C@@H]1CCCOc2cc(F)ccc21. The molecule has 2 atom stereocenters. The molecule has 1 aliphatic heterocycles. The molecule has 8 heteroatoms. The van der Waals surface area contributed by atoms with Crippen molar-refractivity contribution in [1.82, 2.24) is 25.4 Å². The summed E-state index contributed by atoms with van der Waals surface area (Å²) in [6.07, 6.45) is 4.58. The standard InChI is InChI=1S/C16H20FN5O2/c1-11(8-22-10-18-9-19-22)20-16(23)21-14-3-2-6-24-15-7-12(17)4-5-13(14)15/h4-5,7,9-11,14H,2-3,6,8H2,1H3,(H2,20,21,23)/t11-,14+/m0/s1. The Balaban J connectivity index is 1.61. The molecule has 128 valence electrons. The minimum absolute atomic E-state index is 0.110. The molecule has 2 aromatic rings. The molecule has 0 saturated carbocycles. The predicted octanol–water partition coefficient (Wildman–Crippen LogP) is 2.02. The number of rotatable bonds is 4. The molecule has 0 radical (unpaired) electrons. The van der Waals surface area contributed by atoms with E-state index in [1.165, 1.54) is 18.5 Å². The number of benzene rings is 1. The third-order valence-corrected chi connectivity index (χ3v) is 3.86. The second-order valence-corrected chi connectivity index (χ2v) is 5.86. The van der Waals surface area contributed by atoms with E-state index < -0.39 is 0 Å². The lowest BCUT2D eigenvalue weighted by atomic mass is 10.0. The molecular formula is C16H20FN5O2. The number of nitrogens with one attached hydrogen (secondary N) is 2. The molecule has 0 saturated heterocycles. The Morgan fingerprint density at radius 1 is 1.54 bits per heavy atom. The van der Waals surface area contributed by atoms with Crippen LogP contribution in [0.15, 0.2) is 30.9 Å². The maximum Gasteiger partial charge on any atom is 0.315 e. The normalized spacial score (nSPS) is 18.0. The molecule has 2 heterocycles. The number of halogens is 1. The average Bonchev–Trinajstić information content (AvgIpc) is 2.95. The molecule has 2 N–H and O–H groups in total. The Kier molecular flexibility index (Phi) is 4.93. The quantitative estimate of drug-likeness (QED) is 0.897. The minimum Gasteiger partial charge on any atom is -0.493 e. The van der Waals surface area contributed by atoms with Crippen molar-refractivity contribution in [1.29, 1.82) is 0 Å². The van der Waals surface area contributed by atoms with Crippen molar-refractivity contribution in [2.24, 2.45) is 0 Å². The maximum absolute atomic E-state index is 13.4. The first kappa shape index (κ1) is 16.2. The number of carbonyl (C=O) groups excluding carboxylic acids is 1. The van der Waals surface area contributed by atoms with Gasteiger partial charge in [-0.15, -0.1) is 0 Å². The van der Waals surface area contributed by atoms with Crippen LogP contribution >= 0.6 is 0 Å². The number of urea groups is 1. The van der Waals surface area contributed by atoms with Gasteiger partial charge in [-0.2, -0.15) is 5.10 Å². The zero-order valence-electron chi connectivity index (χ0n) is 13.4. The van der Waals surface area contributed by atoms with E-state index in [2.05, 4.69) is 20.7 Å². The molecule has 0 bridgehead atoms. The smallest absolute Gasteiger partial charge is 0.315 e. The van der Waals surface area contributed by atoms with Crippen molar-refractivity contribution in [3.8, 4) is 5.75 Å². The molecule has 1 aromatic heterocycles. The highest BCUT2D eigenvalue weighted by Crippen LogP contribution is 2.31. The number of amides is 2. The molecule has 2 amide bonds. The van der Waals surface area contributed by atoms with Gasteiger partial charge in [0.15, 0.2) is 0 Å². The highest BCUT2D eigenvalue weighted by Gasteiger charge is 2.22. The molecule has 24 heavy (non-hydrogen) atoms. The summed E-state index contributed by atoms with van der Waals surface area (Å²) in [5.74, 6) is 0.147.